The van der Waals surface area contributed by atoms with E-state index >= 15 is 0 Å². The number of rotatable bonds is 5. The summed E-state index contributed by atoms with van der Waals surface area (Å²) < 4.78 is 10.4. The summed E-state index contributed by atoms with van der Waals surface area (Å²) in [5.41, 5.74) is 0.210. The van der Waals surface area contributed by atoms with E-state index in [0.717, 1.165) is 11.3 Å². The van der Waals surface area contributed by atoms with E-state index in [4.69, 9.17) is 9.47 Å². The molecule has 0 aliphatic carbocycles. The van der Waals surface area contributed by atoms with E-state index in [0.29, 0.717) is 0 Å². The van der Waals surface area contributed by atoms with Gasteiger partial charge < -0.3 is 19.9 Å². The number of hydrogen-bond acceptors (Lipinski definition) is 4. The van der Waals surface area contributed by atoms with Crippen LogP contribution in [-0.4, -0.2) is 36.6 Å². The molecule has 5 nitrogen and oxygen atoms in total. The van der Waals surface area contributed by atoms with E-state index in [1.54, 1.807) is 27.9 Å². The molecule has 0 spiro atoms. The minimum atomic E-state index is -0.593. The molecule has 1 aromatic carbocycles. The molecule has 0 fully saturated rings. The lowest BCUT2D eigenvalue weighted by atomic mass is 9.89. The van der Waals surface area contributed by atoms with Gasteiger partial charge in [-0.25, -0.2) is 4.79 Å². The van der Waals surface area contributed by atoms with E-state index < -0.39 is 17.7 Å². The van der Waals surface area contributed by atoms with Gasteiger partial charge in [0, 0.05) is 18.1 Å². The summed E-state index contributed by atoms with van der Waals surface area (Å²) in [6, 6.07) is 6.83. The number of aliphatic hydroxyl groups is 1. The molecule has 0 bridgehead atoms. The van der Waals surface area contributed by atoms with E-state index in [-0.39, 0.29) is 18.4 Å². The molecule has 0 unspecified atom stereocenters. The van der Waals surface area contributed by atoms with Crippen LogP contribution in [0.5, 0.6) is 5.75 Å². The fourth-order valence-electron chi connectivity index (χ4n) is 2.22. The van der Waals surface area contributed by atoms with Crippen LogP contribution < -0.4 is 10.1 Å². The van der Waals surface area contributed by atoms with Crippen LogP contribution in [0, 0.1) is 23.7 Å². The highest BCUT2D eigenvalue weighted by Crippen LogP contribution is 2.16. The third kappa shape index (κ3) is 7.49. The van der Waals surface area contributed by atoms with Crippen molar-refractivity contribution in [3.63, 3.8) is 0 Å². The van der Waals surface area contributed by atoms with Gasteiger partial charge in [0.15, 0.2) is 0 Å². The molecule has 0 aliphatic rings. The standard InChI is InChI=1S/C20H29NO4/c1-14(2)17(13-22)18(21-19(23)25-20(3,4)5)12-9-15-7-10-16(24-6)11-8-15/h7-8,10-11,14,17-18,22H,13H2,1-6H3,(H,21,23)/t17-,18-/m0/s1. The molecule has 2 atom stereocenters. The number of ether oxygens (including phenoxy) is 2. The predicted molar refractivity (Wildman–Crippen MR) is 98.4 cm³/mol. The lowest BCUT2D eigenvalue weighted by Crippen LogP contribution is -2.45. The number of methoxy groups -OCH3 is 1. The minimum absolute atomic E-state index is 0.0740. The molecule has 0 heterocycles. The maximum Gasteiger partial charge on any atom is 0.408 e. The molecule has 1 aromatic rings. The quantitative estimate of drug-likeness (QED) is 0.803. The second-order valence-corrected chi connectivity index (χ2v) is 7.21. The van der Waals surface area contributed by atoms with Crippen LogP contribution in [0.1, 0.15) is 40.2 Å². The van der Waals surface area contributed by atoms with Crippen LogP contribution in [0.2, 0.25) is 0 Å². The van der Waals surface area contributed by atoms with E-state index in [9.17, 15) is 9.90 Å². The van der Waals surface area contributed by atoms with Crippen molar-refractivity contribution >= 4 is 6.09 Å². The van der Waals surface area contributed by atoms with Crippen molar-refractivity contribution in [2.24, 2.45) is 11.8 Å². The monoisotopic (exact) mass is 347 g/mol. The second kappa shape index (κ2) is 9.33. The Balaban J connectivity index is 2.98. The fourth-order valence-corrected chi connectivity index (χ4v) is 2.22. The SMILES string of the molecule is COc1ccc(C#C[C@H](NC(=O)OC(C)(C)C)[C@@H](CO)C(C)C)cc1. The Morgan fingerprint density at radius 2 is 1.84 bits per heavy atom. The first-order valence-electron chi connectivity index (χ1n) is 8.42. The number of nitrogens with one attached hydrogen (secondary N) is 1. The maximum atomic E-state index is 12.1. The van der Waals surface area contributed by atoms with Crippen molar-refractivity contribution in [2.75, 3.05) is 13.7 Å². The highest BCUT2D eigenvalue weighted by Gasteiger charge is 2.26. The molecule has 138 valence electrons. The van der Waals surface area contributed by atoms with Crippen molar-refractivity contribution < 1.29 is 19.4 Å². The van der Waals surface area contributed by atoms with Gasteiger partial charge in [-0.1, -0.05) is 25.7 Å². The molecule has 0 aromatic heterocycles. The molecule has 25 heavy (non-hydrogen) atoms. The molecule has 0 aliphatic heterocycles. The summed E-state index contributed by atoms with van der Waals surface area (Å²) in [5.74, 6) is 6.81. The Morgan fingerprint density at radius 1 is 1.24 bits per heavy atom. The Bertz CT molecular complexity index is 605. The van der Waals surface area contributed by atoms with Gasteiger partial charge in [-0.05, 0) is 51.0 Å². The van der Waals surface area contributed by atoms with Crippen LogP contribution >= 0.6 is 0 Å². The van der Waals surface area contributed by atoms with E-state index in [2.05, 4.69) is 17.2 Å². The Kier molecular flexibility index (Phi) is 7.79. The number of alkyl carbamates (subject to hydrolysis) is 1. The van der Waals surface area contributed by atoms with Crippen molar-refractivity contribution in [1.82, 2.24) is 5.32 Å². The fraction of sp³-hybridized carbons (Fsp3) is 0.550. The Labute approximate surface area is 150 Å². The molecule has 0 saturated carbocycles. The van der Waals surface area contributed by atoms with Crippen LogP contribution in [0.4, 0.5) is 4.79 Å². The molecule has 1 rings (SSSR count). The van der Waals surface area contributed by atoms with Gasteiger partial charge in [-0.15, -0.1) is 0 Å². The summed E-state index contributed by atoms with van der Waals surface area (Å²) in [6.45, 7) is 9.30. The molecule has 1 amide bonds. The highest BCUT2D eigenvalue weighted by molar-refractivity contribution is 5.68. The van der Waals surface area contributed by atoms with Crippen molar-refractivity contribution in [3.8, 4) is 17.6 Å². The van der Waals surface area contributed by atoms with E-state index in [1.165, 1.54) is 0 Å². The molecular weight excluding hydrogens is 318 g/mol. The number of carbonyl (C=O) groups is 1. The van der Waals surface area contributed by atoms with Crippen LogP contribution in [0.15, 0.2) is 24.3 Å². The van der Waals surface area contributed by atoms with Gasteiger partial charge in [0.05, 0.1) is 13.2 Å². The summed E-state index contributed by atoms with van der Waals surface area (Å²) in [7, 11) is 1.61. The number of aliphatic hydroxyl groups excluding tert-OH is 1. The van der Waals surface area contributed by atoms with Crippen molar-refractivity contribution in [3.05, 3.63) is 29.8 Å². The number of amides is 1. The first-order valence-corrected chi connectivity index (χ1v) is 8.42. The highest BCUT2D eigenvalue weighted by atomic mass is 16.6. The topological polar surface area (TPSA) is 67.8 Å². The third-order valence-electron chi connectivity index (χ3n) is 3.63. The van der Waals surface area contributed by atoms with Gasteiger partial charge >= 0.3 is 6.09 Å². The second-order valence-electron chi connectivity index (χ2n) is 7.21. The van der Waals surface area contributed by atoms with Crippen LogP contribution in [0.25, 0.3) is 0 Å². The summed E-state index contributed by atoms with van der Waals surface area (Å²) in [5, 5.41) is 12.5. The number of benzene rings is 1. The molecule has 5 heteroatoms. The number of carbonyl (C=O) groups excluding carboxylic acids is 1. The largest absolute Gasteiger partial charge is 0.497 e. The van der Waals surface area contributed by atoms with Crippen LogP contribution in [0.3, 0.4) is 0 Å². The van der Waals surface area contributed by atoms with Crippen LogP contribution in [-0.2, 0) is 4.74 Å². The molecule has 0 saturated heterocycles. The summed E-state index contributed by atoms with van der Waals surface area (Å²) >= 11 is 0. The average Bonchev–Trinajstić information content (AvgIpc) is 2.51. The normalized spacial score (nSPS) is 13.4. The average molecular weight is 347 g/mol. The summed E-state index contributed by atoms with van der Waals surface area (Å²) in [4.78, 5) is 12.1. The maximum absolute atomic E-state index is 12.1. The van der Waals surface area contributed by atoms with Crippen molar-refractivity contribution in [1.29, 1.82) is 0 Å². The first kappa shape index (κ1) is 20.9. The van der Waals surface area contributed by atoms with Gasteiger partial charge in [0.2, 0.25) is 0 Å². The zero-order valence-corrected chi connectivity index (χ0v) is 15.9. The zero-order chi connectivity index (χ0) is 19.0. The lowest BCUT2D eigenvalue weighted by molar-refractivity contribution is 0.0480. The number of hydrogen-bond donors (Lipinski definition) is 2. The van der Waals surface area contributed by atoms with Gasteiger partial charge in [0.25, 0.3) is 0 Å². The van der Waals surface area contributed by atoms with Gasteiger partial charge in [0.1, 0.15) is 11.4 Å². The lowest BCUT2D eigenvalue weighted by Gasteiger charge is -2.27. The Hall–Kier alpha value is -2.19. The van der Waals surface area contributed by atoms with Crippen molar-refractivity contribution in [2.45, 2.75) is 46.3 Å². The predicted octanol–water partition coefficient (Wildman–Crippen LogP) is 3.20. The first-order chi connectivity index (χ1) is 11.7. The molecule has 2 N–H and O–H groups in total. The smallest absolute Gasteiger partial charge is 0.408 e. The molecule has 0 radical (unpaired) electrons. The summed E-state index contributed by atoms with van der Waals surface area (Å²) in [6.07, 6.45) is -0.541. The Morgan fingerprint density at radius 3 is 2.28 bits per heavy atom. The molecular formula is C20H29NO4. The van der Waals surface area contributed by atoms with E-state index in [1.807, 2.05) is 38.1 Å². The zero-order valence-electron chi connectivity index (χ0n) is 15.9. The third-order valence-corrected chi connectivity index (χ3v) is 3.63. The van der Waals surface area contributed by atoms with Gasteiger partial charge in [-0.3, -0.25) is 0 Å². The minimum Gasteiger partial charge on any atom is -0.497 e. The van der Waals surface area contributed by atoms with Gasteiger partial charge in [-0.2, -0.15) is 0 Å².